The van der Waals surface area contributed by atoms with Crippen LogP contribution < -0.4 is 0 Å². The number of furan rings is 1. The van der Waals surface area contributed by atoms with Crippen LogP contribution in [-0.2, 0) is 11.2 Å². The highest BCUT2D eigenvalue weighted by atomic mass is 16.4. The summed E-state index contributed by atoms with van der Waals surface area (Å²) in [5.41, 5.74) is 3.08. The van der Waals surface area contributed by atoms with Crippen molar-refractivity contribution in [2.45, 2.75) is 40.0 Å². The Morgan fingerprint density at radius 3 is 2.26 bits per heavy atom. The number of rotatable bonds is 5. The molecule has 0 aliphatic rings. The Labute approximate surface area is 160 Å². The predicted octanol–water partition coefficient (Wildman–Crippen LogP) is 5.57. The Morgan fingerprint density at radius 1 is 1.00 bits per heavy atom. The Hall–Kier alpha value is -2.99. The van der Waals surface area contributed by atoms with Crippen molar-refractivity contribution in [2.75, 3.05) is 0 Å². The molecule has 138 valence electrons. The van der Waals surface area contributed by atoms with E-state index in [2.05, 4.69) is 18.8 Å². The molecule has 27 heavy (non-hydrogen) atoms. The highest BCUT2D eigenvalue weighted by molar-refractivity contribution is 5.80. The van der Waals surface area contributed by atoms with Gasteiger partial charge in [-0.15, -0.1) is 0 Å². The van der Waals surface area contributed by atoms with E-state index in [1.54, 1.807) is 0 Å². The van der Waals surface area contributed by atoms with Crippen molar-refractivity contribution in [1.82, 2.24) is 0 Å². The monoisotopic (exact) mass is 360 g/mol. The molecule has 0 aliphatic heterocycles. The highest BCUT2D eigenvalue weighted by Crippen LogP contribution is 2.33. The van der Waals surface area contributed by atoms with Gasteiger partial charge in [-0.05, 0) is 56.2 Å². The van der Waals surface area contributed by atoms with Crippen LogP contribution in [0.1, 0.15) is 49.1 Å². The molecule has 0 aliphatic carbocycles. The molecular formula is C24H24O3. The van der Waals surface area contributed by atoms with Gasteiger partial charge in [0.15, 0.2) is 0 Å². The van der Waals surface area contributed by atoms with Crippen molar-refractivity contribution in [2.24, 2.45) is 5.41 Å². The number of benzene rings is 2. The van der Waals surface area contributed by atoms with Crippen LogP contribution in [0.15, 0.2) is 52.9 Å². The second kappa shape index (κ2) is 7.72. The molecule has 0 atom stereocenters. The summed E-state index contributed by atoms with van der Waals surface area (Å²) in [5.74, 6) is 6.30. The summed E-state index contributed by atoms with van der Waals surface area (Å²) in [6.07, 6.45) is 1.54. The fraction of sp³-hybridized carbons (Fsp3) is 0.292. The van der Waals surface area contributed by atoms with Gasteiger partial charge in [0.1, 0.15) is 11.3 Å². The average molecular weight is 360 g/mol. The molecule has 0 amide bonds. The number of carbonyl (C=O) groups is 1. The number of aliphatic carboxylic acids is 1. The zero-order valence-corrected chi connectivity index (χ0v) is 16.0. The summed E-state index contributed by atoms with van der Waals surface area (Å²) in [5, 5.41) is 10.6. The van der Waals surface area contributed by atoms with Gasteiger partial charge in [0.05, 0.1) is 5.41 Å². The number of fused-ring (bicyclic) bond motifs is 1. The molecule has 1 heterocycles. The summed E-state index contributed by atoms with van der Waals surface area (Å²) < 4.78 is 5.90. The minimum atomic E-state index is -0.776. The first-order chi connectivity index (χ1) is 13.0. The number of hydrogen-bond acceptors (Lipinski definition) is 2. The zero-order valence-electron chi connectivity index (χ0n) is 16.0. The van der Waals surface area contributed by atoms with Crippen LogP contribution in [0, 0.1) is 24.2 Å². The Balaban J connectivity index is 1.87. The normalized spacial score (nSPS) is 11.2. The molecule has 1 N–H and O–H groups in total. The van der Waals surface area contributed by atoms with E-state index in [9.17, 15) is 9.90 Å². The van der Waals surface area contributed by atoms with Crippen LogP contribution in [0.5, 0.6) is 0 Å². The second-order valence-electron chi connectivity index (χ2n) is 7.05. The Kier molecular flexibility index (Phi) is 5.37. The van der Waals surface area contributed by atoms with Crippen molar-refractivity contribution in [1.29, 1.82) is 0 Å². The van der Waals surface area contributed by atoms with Crippen LogP contribution in [0.2, 0.25) is 0 Å². The summed E-state index contributed by atoms with van der Waals surface area (Å²) >= 11 is 0. The largest absolute Gasteiger partial charge is 0.481 e. The third kappa shape index (κ3) is 4.06. The topological polar surface area (TPSA) is 50.4 Å². The number of carboxylic acids is 1. The maximum atomic E-state index is 11.7. The quantitative estimate of drug-likeness (QED) is 0.605. The van der Waals surface area contributed by atoms with E-state index in [4.69, 9.17) is 4.42 Å². The molecule has 0 spiro atoms. The SMILES string of the molecule is CCC(CC)(Cc1cc2cc(C#Cc3ccc(C)cc3)ccc2o1)C(=O)O. The van der Waals surface area contributed by atoms with Crippen molar-refractivity contribution < 1.29 is 14.3 Å². The lowest BCUT2D eigenvalue weighted by molar-refractivity contribution is -0.149. The standard InChI is InChI=1S/C24H24O3/c1-4-24(5-2,23(25)26)16-21-15-20-14-19(12-13-22(20)27-21)11-10-18-8-6-17(3)7-9-18/h6-9,12-15H,4-5,16H2,1-3H3,(H,25,26). The van der Waals surface area contributed by atoms with E-state index in [-0.39, 0.29) is 0 Å². The number of aryl methyl sites for hydroxylation is 1. The van der Waals surface area contributed by atoms with E-state index in [1.165, 1.54) is 5.56 Å². The number of carboxylic acid groups (broad SMARTS) is 1. The molecule has 0 saturated carbocycles. The van der Waals surface area contributed by atoms with Gasteiger partial charge in [-0.1, -0.05) is 43.4 Å². The minimum Gasteiger partial charge on any atom is -0.481 e. The van der Waals surface area contributed by atoms with Gasteiger partial charge in [0.25, 0.3) is 0 Å². The molecule has 0 bridgehead atoms. The van der Waals surface area contributed by atoms with Gasteiger partial charge in [-0.2, -0.15) is 0 Å². The number of hydrogen-bond donors (Lipinski definition) is 1. The fourth-order valence-electron chi connectivity index (χ4n) is 3.26. The molecule has 0 fully saturated rings. The molecule has 3 heteroatoms. The van der Waals surface area contributed by atoms with E-state index >= 15 is 0 Å². The summed E-state index contributed by atoms with van der Waals surface area (Å²) in [4.78, 5) is 11.7. The first-order valence-corrected chi connectivity index (χ1v) is 9.30. The summed E-state index contributed by atoms with van der Waals surface area (Å²) in [6, 6.07) is 15.9. The second-order valence-corrected chi connectivity index (χ2v) is 7.05. The van der Waals surface area contributed by atoms with Crippen LogP contribution in [-0.4, -0.2) is 11.1 Å². The van der Waals surface area contributed by atoms with Crippen molar-refractivity contribution >= 4 is 16.9 Å². The lowest BCUT2D eigenvalue weighted by atomic mass is 9.78. The molecule has 2 aromatic carbocycles. The molecule has 3 nitrogen and oxygen atoms in total. The van der Waals surface area contributed by atoms with E-state index < -0.39 is 11.4 Å². The van der Waals surface area contributed by atoms with Gasteiger partial charge >= 0.3 is 5.97 Å². The zero-order chi connectivity index (χ0) is 19.4. The molecule has 1 aromatic heterocycles. The van der Waals surface area contributed by atoms with Crippen LogP contribution >= 0.6 is 0 Å². The first kappa shape index (κ1) is 18.8. The predicted molar refractivity (Wildman–Crippen MR) is 108 cm³/mol. The fourth-order valence-corrected chi connectivity index (χ4v) is 3.26. The molecule has 0 radical (unpaired) electrons. The molecule has 0 unspecified atom stereocenters. The smallest absolute Gasteiger partial charge is 0.310 e. The maximum absolute atomic E-state index is 11.7. The lowest BCUT2D eigenvalue weighted by Crippen LogP contribution is -2.31. The van der Waals surface area contributed by atoms with Gasteiger partial charge in [-0.25, -0.2) is 0 Å². The van der Waals surface area contributed by atoms with Gasteiger partial charge in [0, 0.05) is 22.9 Å². The van der Waals surface area contributed by atoms with Crippen molar-refractivity contribution in [3.63, 3.8) is 0 Å². The van der Waals surface area contributed by atoms with E-state index in [0.29, 0.717) is 25.0 Å². The third-order valence-corrected chi connectivity index (χ3v) is 5.29. The van der Waals surface area contributed by atoms with Crippen molar-refractivity contribution in [3.8, 4) is 11.8 Å². The molecule has 3 aromatic rings. The van der Waals surface area contributed by atoms with E-state index in [1.807, 2.05) is 62.4 Å². The minimum absolute atomic E-state index is 0.397. The van der Waals surface area contributed by atoms with E-state index in [0.717, 1.165) is 22.1 Å². The van der Waals surface area contributed by atoms with Crippen molar-refractivity contribution in [3.05, 3.63) is 71.0 Å². The lowest BCUT2D eigenvalue weighted by Gasteiger charge is -2.25. The maximum Gasteiger partial charge on any atom is 0.310 e. The average Bonchev–Trinajstić information content (AvgIpc) is 3.07. The summed E-state index contributed by atoms with van der Waals surface area (Å²) in [6.45, 7) is 5.88. The Bertz CT molecular complexity index is 1010. The van der Waals surface area contributed by atoms with Gasteiger partial charge in [0.2, 0.25) is 0 Å². The van der Waals surface area contributed by atoms with Crippen LogP contribution in [0.3, 0.4) is 0 Å². The first-order valence-electron chi connectivity index (χ1n) is 9.30. The van der Waals surface area contributed by atoms with Gasteiger partial charge in [-0.3, -0.25) is 4.79 Å². The molecule has 0 saturated heterocycles. The highest BCUT2D eigenvalue weighted by Gasteiger charge is 2.36. The molecular weight excluding hydrogens is 336 g/mol. The third-order valence-electron chi connectivity index (χ3n) is 5.29. The van der Waals surface area contributed by atoms with Crippen LogP contribution in [0.25, 0.3) is 11.0 Å². The summed E-state index contributed by atoms with van der Waals surface area (Å²) in [7, 11) is 0. The van der Waals surface area contributed by atoms with Gasteiger partial charge < -0.3 is 9.52 Å². The molecule has 3 rings (SSSR count). The van der Waals surface area contributed by atoms with Crippen LogP contribution in [0.4, 0.5) is 0 Å². The Morgan fingerprint density at radius 2 is 1.63 bits per heavy atom.